The van der Waals surface area contributed by atoms with E-state index in [2.05, 4.69) is 26.6 Å². The van der Waals surface area contributed by atoms with Crippen LogP contribution in [0.4, 0.5) is 0 Å². The second-order valence-corrected chi connectivity index (χ2v) is 5.38. The normalized spacial score (nSPS) is 21.3. The summed E-state index contributed by atoms with van der Waals surface area (Å²) >= 11 is 4.83. The van der Waals surface area contributed by atoms with Crippen molar-refractivity contribution in [3.05, 3.63) is 20.8 Å². The van der Waals surface area contributed by atoms with Crippen molar-refractivity contribution < 1.29 is 4.79 Å². The second-order valence-electron chi connectivity index (χ2n) is 3.61. The van der Waals surface area contributed by atoms with Gasteiger partial charge in [0.15, 0.2) is 0 Å². The van der Waals surface area contributed by atoms with E-state index in [-0.39, 0.29) is 11.9 Å². The van der Waals surface area contributed by atoms with Crippen molar-refractivity contribution in [3.63, 3.8) is 0 Å². The van der Waals surface area contributed by atoms with Gasteiger partial charge in [0.05, 0.1) is 0 Å². The third-order valence-corrected chi connectivity index (χ3v) is 4.29. The molecule has 2 heterocycles. The van der Waals surface area contributed by atoms with E-state index < -0.39 is 0 Å². The Morgan fingerprint density at radius 2 is 2.53 bits per heavy atom. The van der Waals surface area contributed by atoms with Gasteiger partial charge in [0, 0.05) is 17.1 Å². The zero-order chi connectivity index (χ0) is 10.7. The minimum Gasteiger partial charge on any atom is -0.347 e. The lowest BCUT2D eigenvalue weighted by Crippen LogP contribution is -2.45. The first kappa shape index (κ1) is 11.1. The predicted molar refractivity (Wildman–Crippen MR) is 65.4 cm³/mol. The highest BCUT2D eigenvalue weighted by Gasteiger charge is 2.18. The van der Waals surface area contributed by atoms with Gasteiger partial charge in [-0.2, -0.15) is 0 Å². The van der Waals surface area contributed by atoms with E-state index >= 15 is 0 Å². The van der Waals surface area contributed by atoms with Crippen molar-refractivity contribution in [1.82, 2.24) is 10.6 Å². The van der Waals surface area contributed by atoms with Crippen LogP contribution in [0.3, 0.4) is 0 Å². The van der Waals surface area contributed by atoms with Crippen LogP contribution in [0.2, 0.25) is 0 Å². The van der Waals surface area contributed by atoms with Crippen molar-refractivity contribution in [2.75, 3.05) is 13.1 Å². The van der Waals surface area contributed by atoms with Crippen molar-refractivity contribution in [3.8, 4) is 0 Å². The van der Waals surface area contributed by atoms with Gasteiger partial charge < -0.3 is 10.6 Å². The molecule has 2 N–H and O–H groups in total. The summed E-state index contributed by atoms with van der Waals surface area (Å²) in [5.41, 5.74) is 0. The lowest BCUT2D eigenvalue weighted by Gasteiger charge is -2.23. The number of nitrogens with one attached hydrogen (secondary N) is 2. The Bertz CT molecular complexity index is 347. The summed E-state index contributed by atoms with van der Waals surface area (Å²) in [6.07, 6.45) is 2.21. The van der Waals surface area contributed by atoms with Crippen LogP contribution >= 0.6 is 27.3 Å². The molecule has 0 saturated carbocycles. The molecule has 5 heteroatoms. The van der Waals surface area contributed by atoms with Crippen molar-refractivity contribution >= 4 is 33.2 Å². The maximum atomic E-state index is 11.8. The van der Waals surface area contributed by atoms with Gasteiger partial charge in [-0.3, -0.25) is 4.79 Å². The summed E-state index contributed by atoms with van der Waals surface area (Å²) in [5.74, 6) is 0.0329. The monoisotopic (exact) mass is 288 g/mol. The maximum Gasteiger partial charge on any atom is 0.262 e. The third-order valence-electron chi connectivity index (χ3n) is 2.46. The average Bonchev–Trinajstić information content (AvgIpc) is 2.66. The first-order valence-electron chi connectivity index (χ1n) is 5.02. The molecule has 1 fully saturated rings. The molecule has 0 bridgehead atoms. The van der Waals surface area contributed by atoms with E-state index in [9.17, 15) is 4.79 Å². The number of piperidine rings is 1. The molecule has 82 valence electrons. The molecule has 2 rings (SSSR count). The molecule has 0 aliphatic carbocycles. The number of thiophene rings is 1. The fourth-order valence-corrected chi connectivity index (χ4v) is 3.14. The van der Waals surface area contributed by atoms with Gasteiger partial charge in [-0.15, -0.1) is 11.3 Å². The van der Waals surface area contributed by atoms with E-state index in [0.29, 0.717) is 0 Å². The van der Waals surface area contributed by atoms with Crippen LogP contribution in [0, 0.1) is 0 Å². The lowest BCUT2D eigenvalue weighted by atomic mass is 10.1. The molecule has 1 aromatic rings. The molecule has 1 aliphatic rings. The van der Waals surface area contributed by atoms with Gasteiger partial charge >= 0.3 is 0 Å². The van der Waals surface area contributed by atoms with Crippen LogP contribution in [0.15, 0.2) is 15.9 Å². The largest absolute Gasteiger partial charge is 0.347 e. The topological polar surface area (TPSA) is 41.1 Å². The van der Waals surface area contributed by atoms with Crippen LogP contribution in [0.25, 0.3) is 0 Å². The summed E-state index contributed by atoms with van der Waals surface area (Å²) in [4.78, 5) is 12.6. The summed E-state index contributed by atoms with van der Waals surface area (Å²) in [5, 5.41) is 8.23. The Labute approximate surface area is 101 Å². The van der Waals surface area contributed by atoms with Gasteiger partial charge in [-0.05, 0) is 46.8 Å². The number of carbonyl (C=O) groups excluding carboxylic acids is 1. The Morgan fingerprint density at radius 1 is 1.67 bits per heavy atom. The van der Waals surface area contributed by atoms with E-state index in [0.717, 1.165) is 35.3 Å². The molecule has 1 amide bonds. The van der Waals surface area contributed by atoms with Crippen molar-refractivity contribution in [1.29, 1.82) is 0 Å². The third kappa shape index (κ3) is 2.80. The smallest absolute Gasteiger partial charge is 0.262 e. The summed E-state index contributed by atoms with van der Waals surface area (Å²) in [6.45, 7) is 1.95. The fourth-order valence-electron chi connectivity index (χ4n) is 1.68. The minimum absolute atomic E-state index is 0.0329. The zero-order valence-electron chi connectivity index (χ0n) is 8.25. The Hall–Kier alpha value is -0.390. The predicted octanol–water partition coefficient (Wildman–Crippen LogP) is 1.99. The van der Waals surface area contributed by atoms with E-state index in [1.54, 1.807) is 0 Å². The van der Waals surface area contributed by atoms with Gasteiger partial charge in [0.1, 0.15) is 4.88 Å². The molecular formula is C10H13BrN2OS. The zero-order valence-corrected chi connectivity index (χ0v) is 10.7. The molecular weight excluding hydrogens is 276 g/mol. The Balaban J connectivity index is 1.94. The minimum atomic E-state index is 0.0329. The van der Waals surface area contributed by atoms with Crippen LogP contribution in [0.1, 0.15) is 22.5 Å². The molecule has 3 nitrogen and oxygen atoms in total. The first-order valence-corrected chi connectivity index (χ1v) is 6.69. The number of hydrogen-bond donors (Lipinski definition) is 2. The highest BCUT2D eigenvalue weighted by molar-refractivity contribution is 9.10. The summed E-state index contributed by atoms with van der Waals surface area (Å²) in [7, 11) is 0. The molecule has 1 aromatic heterocycles. The van der Waals surface area contributed by atoms with E-state index in [1.165, 1.54) is 11.3 Å². The second kappa shape index (κ2) is 5.09. The highest BCUT2D eigenvalue weighted by atomic mass is 79.9. The van der Waals surface area contributed by atoms with Crippen molar-refractivity contribution in [2.24, 2.45) is 0 Å². The molecule has 1 saturated heterocycles. The molecule has 1 aliphatic heterocycles. The lowest BCUT2D eigenvalue weighted by molar-refractivity contribution is 0.0934. The molecule has 0 unspecified atom stereocenters. The van der Waals surface area contributed by atoms with Crippen LogP contribution in [0.5, 0.6) is 0 Å². The van der Waals surface area contributed by atoms with Gasteiger partial charge in [-0.25, -0.2) is 0 Å². The standard InChI is InChI=1S/C10H13BrN2OS/c11-8-3-5-15-9(8)10(14)13-7-2-1-4-12-6-7/h3,5,7,12H,1-2,4,6H2,(H,13,14)/t7-/m1/s1. The van der Waals surface area contributed by atoms with Crippen molar-refractivity contribution in [2.45, 2.75) is 18.9 Å². The number of rotatable bonds is 2. The fraction of sp³-hybridized carbons (Fsp3) is 0.500. The highest BCUT2D eigenvalue weighted by Crippen LogP contribution is 2.22. The number of carbonyl (C=O) groups is 1. The number of amides is 1. The van der Waals surface area contributed by atoms with Gasteiger partial charge in [-0.1, -0.05) is 0 Å². The quantitative estimate of drug-likeness (QED) is 0.874. The molecule has 0 spiro atoms. The van der Waals surface area contributed by atoms with Crippen LogP contribution < -0.4 is 10.6 Å². The van der Waals surface area contributed by atoms with Gasteiger partial charge in [0.25, 0.3) is 5.91 Å². The Morgan fingerprint density at radius 3 is 3.13 bits per heavy atom. The van der Waals surface area contributed by atoms with Crippen LogP contribution in [-0.4, -0.2) is 25.0 Å². The van der Waals surface area contributed by atoms with E-state index in [1.807, 2.05) is 11.4 Å². The van der Waals surface area contributed by atoms with Gasteiger partial charge in [0.2, 0.25) is 0 Å². The summed E-state index contributed by atoms with van der Waals surface area (Å²) in [6, 6.07) is 2.18. The summed E-state index contributed by atoms with van der Waals surface area (Å²) < 4.78 is 0.883. The van der Waals surface area contributed by atoms with E-state index in [4.69, 9.17) is 0 Å². The first-order chi connectivity index (χ1) is 7.27. The maximum absolute atomic E-state index is 11.8. The SMILES string of the molecule is O=C(N[C@@H]1CCCNC1)c1sccc1Br. The molecule has 0 radical (unpaired) electrons. The molecule has 0 aromatic carbocycles. The Kier molecular flexibility index (Phi) is 3.77. The molecule has 15 heavy (non-hydrogen) atoms. The average molecular weight is 289 g/mol. The number of hydrogen-bond acceptors (Lipinski definition) is 3. The van der Waals surface area contributed by atoms with Crippen LogP contribution in [-0.2, 0) is 0 Å². The molecule has 1 atom stereocenters. The number of halogens is 1.